The number of primary sulfonamides is 1. The molecule has 0 spiro atoms. The summed E-state index contributed by atoms with van der Waals surface area (Å²) in [6, 6.07) is 8.97. The third-order valence-corrected chi connectivity index (χ3v) is 5.74. The van der Waals surface area contributed by atoms with E-state index in [0.717, 1.165) is 0 Å². The van der Waals surface area contributed by atoms with E-state index in [9.17, 15) is 22.4 Å². The third-order valence-electron chi connectivity index (χ3n) is 4.81. The Hall–Kier alpha value is -3.70. The van der Waals surface area contributed by atoms with Crippen molar-refractivity contribution in [2.45, 2.75) is 11.3 Å². The molecule has 3 amide bonds. The van der Waals surface area contributed by atoms with Gasteiger partial charge in [0.2, 0.25) is 10.0 Å². The molecule has 1 aliphatic heterocycles. The Labute approximate surface area is 176 Å². The first-order valence-electron chi connectivity index (χ1n) is 9.21. The van der Waals surface area contributed by atoms with Crippen molar-refractivity contribution in [2.24, 2.45) is 5.14 Å². The predicted octanol–water partition coefficient (Wildman–Crippen LogP) is 2.25. The molecule has 0 saturated heterocycles. The van der Waals surface area contributed by atoms with Gasteiger partial charge in [-0.05, 0) is 54.5 Å². The highest BCUT2D eigenvalue weighted by atomic mass is 32.2. The summed E-state index contributed by atoms with van der Waals surface area (Å²) in [5.41, 5.74) is 2.43. The lowest BCUT2D eigenvalue weighted by Crippen LogP contribution is -2.24. The van der Waals surface area contributed by atoms with Gasteiger partial charge in [0, 0.05) is 34.9 Å². The molecule has 0 bridgehead atoms. The van der Waals surface area contributed by atoms with Crippen LogP contribution in [0, 0.1) is 5.82 Å². The number of urea groups is 1. The number of aromatic amines is 1. The number of anilines is 1. The summed E-state index contributed by atoms with van der Waals surface area (Å²) < 4.78 is 36.4. The highest BCUT2D eigenvalue weighted by Crippen LogP contribution is 2.32. The third kappa shape index (κ3) is 4.27. The van der Waals surface area contributed by atoms with E-state index in [4.69, 9.17) is 5.14 Å². The number of nitrogens with one attached hydrogen (secondary N) is 4. The van der Waals surface area contributed by atoms with E-state index in [1.54, 1.807) is 6.07 Å². The first-order chi connectivity index (χ1) is 14.7. The smallest absolute Gasteiger partial charge is 0.323 e. The summed E-state index contributed by atoms with van der Waals surface area (Å²) in [6.45, 7) is 0.350. The molecule has 0 saturated carbocycles. The molecule has 4 rings (SSSR count). The fraction of sp³-hybridized carbons (Fsp3) is 0.100. The largest absolute Gasteiger partial charge is 0.350 e. The maximum atomic E-state index is 13.8. The molecule has 0 atom stereocenters. The number of hydrogen-bond acceptors (Lipinski definition) is 4. The normalized spacial score (nSPS) is 15.3. The molecule has 6 N–H and O–H groups in total. The Bertz CT molecular complexity index is 1330. The molecule has 2 aromatic carbocycles. The summed E-state index contributed by atoms with van der Waals surface area (Å²) in [5, 5.41) is 13.5. The van der Waals surface area contributed by atoms with Gasteiger partial charge in [-0.2, -0.15) is 0 Å². The van der Waals surface area contributed by atoms with Gasteiger partial charge in [0.05, 0.1) is 4.90 Å². The van der Waals surface area contributed by atoms with E-state index in [2.05, 4.69) is 20.9 Å². The second-order valence-corrected chi connectivity index (χ2v) is 8.47. The first-order valence-corrected chi connectivity index (χ1v) is 10.8. The lowest BCUT2D eigenvalue weighted by atomic mass is 10.0. The quantitative estimate of drug-likeness (QED) is 0.422. The van der Waals surface area contributed by atoms with Gasteiger partial charge in [0.25, 0.3) is 5.91 Å². The number of sulfonamides is 1. The minimum Gasteiger partial charge on any atom is -0.350 e. The van der Waals surface area contributed by atoms with Crippen molar-refractivity contribution in [1.29, 1.82) is 0 Å². The van der Waals surface area contributed by atoms with Crippen LogP contribution in [0.1, 0.15) is 22.5 Å². The van der Waals surface area contributed by atoms with E-state index in [1.807, 2.05) is 0 Å². The number of fused-ring (bicyclic) bond motifs is 3. The molecule has 0 fully saturated rings. The molecular weight excluding hydrogens is 425 g/mol. The Morgan fingerprint density at radius 2 is 1.90 bits per heavy atom. The Balaban J connectivity index is 1.58. The Morgan fingerprint density at radius 1 is 1.16 bits per heavy atom. The summed E-state index contributed by atoms with van der Waals surface area (Å²) in [5.74, 6) is -0.749. The molecule has 0 radical (unpaired) electrons. The highest BCUT2D eigenvalue weighted by Gasteiger charge is 2.24. The molecule has 9 nitrogen and oxygen atoms in total. The van der Waals surface area contributed by atoms with E-state index in [-0.39, 0.29) is 10.8 Å². The number of rotatable bonds is 3. The monoisotopic (exact) mass is 443 g/mol. The number of nitrogens with two attached hydrogens (primary N) is 1. The number of carbonyl (C=O) groups is 2. The van der Waals surface area contributed by atoms with Crippen LogP contribution in [0.15, 0.2) is 53.6 Å². The summed E-state index contributed by atoms with van der Waals surface area (Å²) in [6.07, 6.45) is 1.89. The van der Waals surface area contributed by atoms with Crippen LogP contribution < -0.4 is 21.1 Å². The van der Waals surface area contributed by atoms with Crippen molar-refractivity contribution in [2.75, 3.05) is 11.9 Å². The van der Waals surface area contributed by atoms with Gasteiger partial charge < -0.3 is 20.9 Å². The number of hydrogen-bond donors (Lipinski definition) is 5. The molecule has 1 aliphatic rings. The number of halogens is 1. The topological polar surface area (TPSA) is 146 Å². The lowest BCUT2D eigenvalue weighted by Gasteiger charge is -2.08. The van der Waals surface area contributed by atoms with E-state index >= 15 is 0 Å². The van der Waals surface area contributed by atoms with Crippen LogP contribution in [0.4, 0.5) is 14.9 Å². The van der Waals surface area contributed by atoms with Crippen molar-refractivity contribution in [1.82, 2.24) is 15.6 Å². The zero-order chi connectivity index (χ0) is 22.2. The number of benzene rings is 2. The van der Waals surface area contributed by atoms with Crippen molar-refractivity contribution >= 4 is 44.1 Å². The summed E-state index contributed by atoms with van der Waals surface area (Å²) in [7, 11) is -3.83. The predicted molar refractivity (Wildman–Crippen MR) is 113 cm³/mol. The van der Waals surface area contributed by atoms with Crippen molar-refractivity contribution in [3.05, 3.63) is 65.7 Å². The zero-order valence-electron chi connectivity index (χ0n) is 16.0. The molecule has 0 aliphatic carbocycles. The minimum absolute atomic E-state index is 0.0738. The number of amides is 3. The average molecular weight is 443 g/mol. The standard InChI is InChI=1S/C20H18FN5O4S/c21-12-1-6-16-15(9-12)17-11(7-8-23-19(27)18(17)26-16)10-24-20(28)25-13-2-4-14(5-3-13)31(22,29)30/h1-6,9-10,26H,7-8H2,(H,23,27)(H2,22,29,30)(H2,24,25,28). The van der Waals surface area contributed by atoms with Crippen LogP contribution in [0.25, 0.3) is 16.5 Å². The van der Waals surface area contributed by atoms with Gasteiger partial charge in [-0.15, -0.1) is 0 Å². The van der Waals surface area contributed by atoms with Crippen LogP contribution in [-0.4, -0.2) is 31.9 Å². The SMILES string of the molecule is NS(=O)(=O)c1ccc(NC(=O)NC=C2CCNC(=O)c3[nH]c4ccc(F)cc4c32)cc1. The molecule has 160 valence electrons. The molecule has 1 aromatic heterocycles. The van der Waals surface area contributed by atoms with Crippen molar-refractivity contribution in [3.63, 3.8) is 0 Å². The second kappa shape index (κ2) is 7.85. The molecule has 0 unspecified atom stereocenters. The van der Waals surface area contributed by atoms with Gasteiger partial charge in [0.1, 0.15) is 11.5 Å². The van der Waals surface area contributed by atoms with Crippen LogP contribution >= 0.6 is 0 Å². The Kier molecular flexibility index (Phi) is 5.21. The van der Waals surface area contributed by atoms with Gasteiger partial charge in [-0.1, -0.05) is 0 Å². The molecule has 3 aromatic rings. The molecular formula is C20H18FN5O4S. The van der Waals surface area contributed by atoms with E-state index in [1.165, 1.54) is 42.6 Å². The maximum absolute atomic E-state index is 13.8. The summed E-state index contributed by atoms with van der Waals surface area (Å²) >= 11 is 0. The molecule has 11 heteroatoms. The first kappa shape index (κ1) is 20.6. The minimum atomic E-state index is -3.83. The number of aromatic nitrogens is 1. The van der Waals surface area contributed by atoms with Crippen LogP contribution in [0.2, 0.25) is 0 Å². The Morgan fingerprint density at radius 3 is 2.61 bits per heavy atom. The fourth-order valence-corrected chi connectivity index (χ4v) is 3.90. The van der Waals surface area contributed by atoms with E-state index < -0.39 is 21.9 Å². The fourth-order valence-electron chi connectivity index (χ4n) is 3.38. The van der Waals surface area contributed by atoms with Crippen LogP contribution in [-0.2, 0) is 10.0 Å². The van der Waals surface area contributed by atoms with Gasteiger partial charge >= 0.3 is 6.03 Å². The summed E-state index contributed by atoms with van der Waals surface area (Å²) in [4.78, 5) is 27.6. The lowest BCUT2D eigenvalue weighted by molar-refractivity contribution is 0.0952. The number of H-pyrrole nitrogens is 1. The van der Waals surface area contributed by atoms with E-state index in [0.29, 0.717) is 46.4 Å². The number of carbonyl (C=O) groups excluding carboxylic acids is 2. The highest BCUT2D eigenvalue weighted by molar-refractivity contribution is 7.89. The second-order valence-electron chi connectivity index (χ2n) is 6.91. The van der Waals surface area contributed by atoms with Crippen LogP contribution in [0.3, 0.4) is 0 Å². The molecule has 31 heavy (non-hydrogen) atoms. The average Bonchev–Trinajstić information content (AvgIpc) is 3.01. The van der Waals surface area contributed by atoms with Gasteiger partial charge in [0.15, 0.2) is 0 Å². The van der Waals surface area contributed by atoms with Crippen molar-refractivity contribution < 1.29 is 22.4 Å². The van der Waals surface area contributed by atoms with Crippen LogP contribution in [0.5, 0.6) is 0 Å². The van der Waals surface area contributed by atoms with Gasteiger partial charge in [-0.25, -0.2) is 22.7 Å². The zero-order valence-corrected chi connectivity index (χ0v) is 16.8. The molecule has 2 heterocycles. The maximum Gasteiger partial charge on any atom is 0.323 e. The van der Waals surface area contributed by atoms with Crippen molar-refractivity contribution in [3.8, 4) is 0 Å². The van der Waals surface area contributed by atoms with Gasteiger partial charge in [-0.3, -0.25) is 4.79 Å².